The van der Waals surface area contributed by atoms with Crippen molar-refractivity contribution < 1.29 is 38.1 Å². The Kier molecular flexibility index (Phi) is 21.3. The van der Waals surface area contributed by atoms with E-state index in [9.17, 15) is 19.2 Å². The topological polar surface area (TPSA) is 225 Å². The molecule has 73 heavy (non-hydrogen) atoms. The number of amides is 2. The second-order valence-corrected chi connectivity index (χ2v) is 19.8. The predicted octanol–water partition coefficient (Wildman–Crippen LogP) is 5.30. The van der Waals surface area contributed by atoms with Gasteiger partial charge in [0, 0.05) is 73.4 Å². The second-order valence-electron chi connectivity index (χ2n) is 18.4. The van der Waals surface area contributed by atoms with Crippen molar-refractivity contribution in [2.45, 2.75) is 84.1 Å². The number of aliphatic imine (C=N–C) groups is 1. The first kappa shape index (κ1) is 55.2. The molecule has 4 aromatic rings. The quantitative estimate of drug-likeness (QED) is 0.0419. The molecule has 396 valence electrons. The van der Waals surface area contributed by atoms with Crippen LogP contribution in [0.3, 0.4) is 0 Å². The number of anilines is 4. The van der Waals surface area contributed by atoms with Gasteiger partial charge in [0.2, 0.25) is 11.9 Å². The highest BCUT2D eigenvalue weighted by atomic mass is 32.2. The summed E-state index contributed by atoms with van der Waals surface area (Å²) in [6.07, 6.45) is 8.26. The van der Waals surface area contributed by atoms with Crippen LogP contribution in [0.1, 0.15) is 90.8 Å². The van der Waals surface area contributed by atoms with E-state index in [-0.39, 0.29) is 40.8 Å². The molecule has 2 fully saturated rings. The van der Waals surface area contributed by atoms with Crippen LogP contribution in [0.25, 0.3) is 11.0 Å². The number of ketones is 1. The van der Waals surface area contributed by atoms with E-state index in [1.807, 2.05) is 43.5 Å². The van der Waals surface area contributed by atoms with Gasteiger partial charge in [0.15, 0.2) is 11.0 Å². The SMILES string of the molecule is CCC1N=C(NC(=O)c2ccc(NCCOCCOCCOCCOCCOCCNC(=O)CN3CCN(c4ccc(Nc5ncc6c(C)c(C(C)=O)c(=O)n(C7CCCC7)c6n5)nc4)CC3)cc2C)SC1C. The molecule has 20 nitrogen and oxygen atoms in total. The van der Waals surface area contributed by atoms with E-state index in [1.54, 1.807) is 29.4 Å². The number of thioether (sulfide) groups is 1. The Bertz CT molecular complexity index is 2550. The molecule has 1 saturated heterocycles. The van der Waals surface area contributed by atoms with Crippen LogP contribution in [-0.2, 0) is 28.5 Å². The molecule has 3 aromatic heterocycles. The van der Waals surface area contributed by atoms with Gasteiger partial charge in [-0.15, -0.1) is 0 Å². The number of fused-ring (bicyclic) bond motifs is 1. The molecule has 21 heteroatoms. The summed E-state index contributed by atoms with van der Waals surface area (Å²) < 4.78 is 29.7. The third-order valence-electron chi connectivity index (χ3n) is 13.2. The van der Waals surface area contributed by atoms with Gasteiger partial charge in [-0.25, -0.2) is 9.97 Å². The fraction of sp³-hybridized carbons (Fsp3) is 0.577. The summed E-state index contributed by atoms with van der Waals surface area (Å²) in [4.78, 5) is 74.4. The normalized spacial score (nSPS) is 17.3. The predicted molar refractivity (Wildman–Crippen MR) is 285 cm³/mol. The van der Waals surface area contributed by atoms with Crippen LogP contribution in [0.2, 0.25) is 0 Å². The van der Waals surface area contributed by atoms with Gasteiger partial charge in [0.1, 0.15) is 11.5 Å². The van der Waals surface area contributed by atoms with Crippen LogP contribution < -0.4 is 31.7 Å². The minimum atomic E-state index is -0.283. The maximum atomic E-state index is 13.6. The molecule has 3 aliphatic rings. The van der Waals surface area contributed by atoms with Gasteiger partial charge >= 0.3 is 0 Å². The van der Waals surface area contributed by atoms with Crippen molar-refractivity contribution in [3.05, 3.63) is 75.3 Å². The van der Waals surface area contributed by atoms with Gasteiger partial charge in [-0.3, -0.25) is 33.6 Å². The lowest BCUT2D eigenvalue weighted by molar-refractivity contribution is -0.122. The summed E-state index contributed by atoms with van der Waals surface area (Å²) in [5.74, 6) is 0.473. The number of carbonyl (C=O) groups is 3. The maximum Gasteiger partial charge on any atom is 0.263 e. The van der Waals surface area contributed by atoms with Crippen molar-refractivity contribution in [3.63, 3.8) is 0 Å². The van der Waals surface area contributed by atoms with Gasteiger partial charge < -0.3 is 49.9 Å². The lowest BCUT2D eigenvalue weighted by Gasteiger charge is -2.35. The Morgan fingerprint density at radius 3 is 2.07 bits per heavy atom. The number of benzene rings is 1. The lowest BCUT2D eigenvalue weighted by atomic mass is 10.0. The molecule has 1 aromatic carbocycles. The average Bonchev–Trinajstić information content (AvgIpc) is 4.04. The monoisotopic (exact) mass is 1030 g/mol. The molecule has 1 saturated carbocycles. The smallest absolute Gasteiger partial charge is 0.263 e. The number of hydrogen-bond acceptors (Lipinski definition) is 18. The van der Waals surface area contributed by atoms with E-state index in [0.29, 0.717) is 130 Å². The first-order valence-corrected chi connectivity index (χ1v) is 26.6. The molecular formula is C52H73N11O9S. The summed E-state index contributed by atoms with van der Waals surface area (Å²) in [6, 6.07) is 9.82. The van der Waals surface area contributed by atoms with Crippen molar-refractivity contribution in [1.29, 1.82) is 0 Å². The minimum Gasteiger partial charge on any atom is -0.383 e. The van der Waals surface area contributed by atoms with E-state index in [1.165, 1.54) is 6.92 Å². The van der Waals surface area contributed by atoms with Crippen LogP contribution in [0.4, 0.5) is 23.1 Å². The number of amidine groups is 1. The van der Waals surface area contributed by atoms with Crippen LogP contribution >= 0.6 is 11.8 Å². The summed E-state index contributed by atoms with van der Waals surface area (Å²) >= 11 is 1.62. The summed E-state index contributed by atoms with van der Waals surface area (Å²) in [6.45, 7) is 18.3. The number of pyridine rings is 2. The van der Waals surface area contributed by atoms with Gasteiger partial charge in [0.05, 0.1) is 96.1 Å². The van der Waals surface area contributed by atoms with Crippen molar-refractivity contribution in [2.24, 2.45) is 4.99 Å². The Morgan fingerprint density at radius 1 is 0.808 bits per heavy atom. The molecule has 5 heterocycles. The fourth-order valence-corrected chi connectivity index (χ4v) is 10.3. The molecule has 2 amide bonds. The second kappa shape index (κ2) is 28.2. The highest BCUT2D eigenvalue weighted by Crippen LogP contribution is 2.32. The number of carbonyl (C=O) groups excluding carboxylic acids is 3. The van der Waals surface area contributed by atoms with Crippen molar-refractivity contribution in [2.75, 3.05) is 127 Å². The first-order valence-electron chi connectivity index (χ1n) is 25.7. The largest absolute Gasteiger partial charge is 0.383 e. The number of hydrogen-bond donors (Lipinski definition) is 4. The van der Waals surface area contributed by atoms with Gasteiger partial charge in [-0.2, -0.15) is 4.98 Å². The molecule has 1 aliphatic carbocycles. The highest BCUT2D eigenvalue weighted by molar-refractivity contribution is 8.14. The Hall–Kier alpha value is -5.55. The molecule has 2 aliphatic heterocycles. The first-order chi connectivity index (χ1) is 35.5. The standard InChI is InChI=1S/C52H73N11O9S/c1-6-44-38(5)73-52(57-44)60-49(66)42-13-11-39(31-35(42)2)53-15-21-68-23-25-70-27-29-72-30-28-71-26-24-69-22-16-54-46(65)34-61-17-19-62(20-18-61)41-12-14-45(55-32-41)58-51-56-33-43-36(3)47(37(4)64)50(67)63(48(43)59-51)40-9-7-8-10-40/h11-14,31-33,38,40,44,53H,6-10,15-30,34H2,1-5H3,(H,54,65)(H,57,60,66)(H,55,56,58,59). The third-order valence-corrected chi connectivity index (χ3v) is 14.3. The van der Waals surface area contributed by atoms with E-state index in [2.05, 4.69) is 59.9 Å². The van der Waals surface area contributed by atoms with E-state index in [0.717, 1.165) is 75.2 Å². The number of nitrogens with zero attached hydrogens (tertiary/aromatic N) is 7. The highest BCUT2D eigenvalue weighted by Gasteiger charge is 2.28. The Balaban J connectivity index is 0.657. The zero-order valence-corrected chi connectivity index (χ0v) is 43.9. The van der Waals surface area contributed by atoms with Gasteiger partial charge in [0.25, 0.3) is 11.5 Å². The Morgan fingerprint density at radius 2 is 1.47 bits per heavy atom. The number of aromatic nitrogens is 4. The van der Waals surface area contributed by atoms with Gasteiger partial charge in [-0.05, 0) is 81.5 Å². The molecule has 0 bridgehead atoms. The van der Waals surface area contributed by atoms with Crippen LogP contribution in [0, 0.1) is 13.8 Å². The van der Waals surface area contributed by atoms with E-state index in [4.69, 9.17) is 28.7 Å². The zero-order valence-electron chi connectivity index (χ0n) is 43.0. The van der Waals surface area contributed by atoms with E-state index >= 15 is 0 Å². The van der Waals surface area contributed by atoms with Crippen LogP contribution in [0.5, 0.6) is 0 Å². The number of nitrogens with one attached hydrogen (secondary N) is 4. The Labute approximate surface area is 432 Å². The zero-order chi connectivity index (χ0) is 51.5. The van der Waals surface area contributed by atoms with Crippen LogP contribution in [0.15, 0.2) is 52.5 Å². The molecule has 0 spiro atoms. The summed E-state index contributed by atoms with van der Waals surface area (Å²) in [5.41, 5.74) is 4.49. The summed E-state index contributed by atoms with van der Waals surface area (Å²) in [7, 11) is 0. The molecule has 7 rings (SSSR count). The van der Waals surface area contributed by atoms with Gasteiger partial charge in [-0.1, -0.05) is 38.5 Å². The third kappa shape index (κ3) is 16.0. The van der Waals surface area contributed by atoms with Crippen molar-refractivity contribution >= 4 is 68.7 Å². The van der Waals surface area contributed by atoms with E-state index < -0.39 is 0 Å². The lowest BCUT2D eigenvalue weighted by Crippen LogP contribution is -2.49. The fourth-order valence-electron chi connectivity index (χ4n) is 9.22. The molecule has 4 N–H and O–H groups in total. The van der Waals surface area contributed by atoms with Crippen molar-refractivity contribution in [1.82, 2.24) is 35.1 Å². The number of rotatable bonds is 28. The maximum absolute atomic E-state index is 13.6. The number of ether oxygens (including phenoxy) is 5. The van der Waals surface area contributed by atoms with Crippen molar-refractivity contribution in [3.8, 4) is 0 Å². The molecule has 2 atom stereocenters. The summed E-state index contributed by atoms with van der Waals surface area (Å²) in [5, 5.41) is 14.2. The molecule has 2 unspecified atom stereocenters. The average molecular weight is 1030 g/mol. The number of aryl methyl sites for hydroxylation is 2. The number of Topliss-reactive ketones (excluding diaryl/α,β-unsaturated/α-hetero) is 1. The van der Waals surface area contributed by atoms with Crippen LogP contribution in [-0.4, -0.2) is 170 Å². The number of piperazine rings is 1. The molecular weight excluding hydrogens is 955 g/mol. The molecule has 0 radical (unpaired) electrons. The minimum absolute atomic E-state index is 0.000189.